The molecule has 0 aliphatic rings. The SMILES string of the molecule is CC(=Cc1ccc(F)c(C)c1)CN. The van der Waals surface area contributed by atoms with E-state index in [2.05, 4.69) is 0 Å². The third-order valence-corrected chi connectivity index (χ3v) is 1.92. The molecule has 70 valence electrons. The smallest absolute Gasteiger partial charge is 0.126 e. The summed E-state index contributed by atoms with van der Waals surface area (Å²) in [6.07, 6.45) is 1.96. The van der Waals surface area contributed by atoms with Gasteiger partial charge in [0.25, 0.3) is 0 Å². The summed E-state index contributed by atoms with van der Waals surface area (Å²) in [7, 11) is 0. The van der Waals surface area contributed by atoms with Gasteiger partial charge in [-0.05, 0) is 37.1 Å². The van der Waals surface area contributed by atoms with Crippen LogP contribution in [0.25, 0.3) is 6.08 Å². The summed E-state index contributed by atoms with van der Waals surface area (Å²) >= 11 is 0. The molecule has 0 unspecified atom stereocenters. The van der Waals surface area contributed by atoms with Gasteiger partial charge >= 0.3 is 0 Å². The van der Waals surface area contributed by atoms with Crippen LogP contribution in [0.15, 0.2) is 23.8 Å². The first-order chi connectivity index (χ1) is 6.13. The monoisotopic (exact) mass is 179 g/mol. The molecule has 1 nitrogen and oxygen atoms in total. The highest BCUT2D eigenvalue weighted by molar-refractivity contribution is 5.53. The fourth-order valence-electron chi connectivity index (χ4n) is 1.10. The molecule has 0 spiro atoms. The van der Waals surface area contributed by atoms with Crippen LogP contribution >= 0.6 is 0 Å². The molecule has 1 rings (SSSR count). The van der Waals surface area contributed by atoms with Crippen molar-refractivity contribution in [3.05, 3.63) is 40.7 Å². The van der Waals surface area contributed by atoms with E-state index in [0.29, 0.717) is 12.1 Å². The van der Waals surface area contributed by atoms with Gasteiger partial charge in [0, 0.05) is 6.54 Å². The molecule has 0 saturated heterocycles. The number of hydrogen-bond donors (Lipinski definition) is 1. The molecular weight excluding hydrogens is 165 g/mol. The Morgan fingerprint density at radius 1 is 1.54 bits per heavy atom. The Kier molecular flexibility index (Phi) is 3.20. The largest absolute Gasteiger partial charge is 0.327 e. The topological polar surface area (TPSA) is 26.0 Å². The lowest BCUT2D eigenvalue weighted by atomic mass is 10.1. The van der Waals surface area contributed by atoms with Gasteiger partial charge in [-0.1, -0.05) is 17.7 Å². The van der Waals surface area contributed by atoms with Gasteiger partial charge in [0.2, 0.25) is 0 Å². The number of nitrogens with two attached hydrogens (primary N) is 1. The van der Waals surface area contributed by atoms with Gasteiger partial charge in [0.05, 0.1) is 0 Å². The number of aryl methyl sites for hydroxylation is 1. The predicted octanol–water partition coefficient (Wildman–Crippen LogP) is 2.50. The fourth-order valence-corrected chi connectivity index (χ4v) is 1.10. The van der Waals surface area contributed by atoms with Crippen LogP contribution < -0.4 is 5.73 Å². The molecule has 1 aromatic carbocycles. The van der Waals surface area contributed by atoms with E-state index in [0.717, 1.165) is 11.1 Å². The first kappa shape index (κ1) is 9.93. The second-order valence-electron chi connectivity index (χ2n) is 3.20. The van der Waals surface area contributed by atoms with Crippen molar-refractivity contribution in [3.8, 4) is 0 Å². The lowest BCUT2D eigenvalue weighted by molar-refractivity contribution is 0.618. The number of rotatable bonds is 2. The minimum Gasteiger partial charge on any atom is -0.327 e. The Morgan fingerprint density at radius 2 is 2.23 bits per heavy atom. The first-order valence-electron chi connectivity index (χ1n) is 4.27. The number of hydrogen-bond acceptors (Lipinski definition) is 1. The van der Waals surface area contributed by atoms with Crippen molar-refractivity contribution in [2.75, 3.05) is 6.54 Å². The van der Waals surface area contributed by atoms with Crippen molar-refractivity contribution in [2.24, 2.45) is 5.73 Å². The number of halogens is 1. The van der Waals surface area contributed by atoms with E-state index in [1.165, 1.54) is 6.07 Å². The van der Waals surface area contributed by atoms with E-state index < -0.39 is 0 Å². The molecule has 2 N–H and O–H groups in total. The standard InChI is InChI=1S/C11H14FN/c1-8(7-13)5-10-3-4-11(12)9(2)6-10/h3-6H,7,13H2,1-2H3. The van der Waals surface area contributed by atoms with Gasteiger partial charge in [-0.25, -0.2) is 4.39 Å². The van der Waals surface area contributed by atoms with E-state index >= 15 is 0 Å². The van der Waals surface area contributed by atoms with Crippen LogP contribution in [0, 0.1) is 12.7 Å². The molecule has 0 heterocycles. The van der Waals surface area contributed by atoms with Crippen molar-refractivity contribution in [3.63, 3.8) is 0 Å². The summed E-state index contributed by atoms with van der Waals surface area (Å²) in [5, 5.41) is 0. The lowest BCUT2D eigenvalue weighted by Gasteiger charge is -2.00. The molecule has 0 aromatic heterocycles. The zero-order chi connectivity index (χ0) is 9.84. The molecule has 0 fully saturated rings. The maximum atomic E-state index is 12.9. The van der Waals surface area contributed by atoms with Crippen molar-refractivity contribution < 1.29 is 4.39 Å². The molecule has 2 heteroatoms. The van der Waals surface area contributed by atoms with E-state index in [4.69, 9.17) is 5.73 Å². The summed E-state index contributed by atoms with van der Waals surface area (Å²) in [5.41, 5.74) is 8.20. The molecular formula is C11H14FN. The van der Waals surface area contributed by atoms with Crippen LogP contribution in [0.3, 0.4) is 0 Å². The van der Waals surface area contributed by atoms with E-state index in [1.54, 1.807) is 13.0 Å². The van der Waals surface area contributed by atoms with Crippen molar-refractivity contribution in [1.82, 2.24) is 0 Å². The Hall–Kier alpha value is -1.15. The maximum absolute atomic E-state index is 12.9. The van der Waals surface area contributed by atoms with Crippen LogP contribution in [0.5, 0.6) is 0 Å². The quantitative estimate of drug-likeness (QED) is 0.741. The average Bonchev–Trinajstić information content (AvgIpc) is 2.11. The third kappa shape index (κ3) is 2.67. The van der Waals surface area contributed by atoms with E-state index in [9.17, 15) is 4.39 Å². The molecule has 1 aromatic rings. The maximum Gasteiger partial charge on any atom is 0.126 e. The second kappa shape index (κ2) is 4.19. The Bertz CT molecular complexity index is 329. The van der Waals surface area contributed by atoms with Crippen LogP contribution in [0.4, 0.5) is 4.39 Å². The molecule has 0 radical (unpaired) electrons. The molecule has 0 amide bonds. The van der Waals surface area contributed by atoms with E-state index in [-0.39, 0.29) is 5.82 Å². The highest BCUT2D eigenvalue weighted by Crippen LogP contribution is 2.11. The highest BCUT2D eigenvalue weighted by atomic mass is 19.1. The fraction of sp³-hybridized carbons (Fsp3) is 0.273. The summed E-state index contributed by atoms with van der Waals surface area (Å²) in [4.78, 5) is 0. The molecule has 0 bridgehead atoms. The van der Waals surface area contributed by atoms with Crippen LogP contribution in [-0.4, -0.2) is 6.54 Å². The van der Waals surface area contributed by atoms with Crippen molar-refractivity contribution >= 4 is 6.08 Å². The van der Waals surface area contributed by atoms with Crippen molar-refractivity contribution in [2.45, 2.75) is 13.8 Å². The van der Waals surface area contributed by atoms with Gasteiger partial charge in [-0.3, -0.25) is 0 Å². The lowest BCUT2D eigenvalue weighted by Crippen LogP contribution is -1.99. The Labute approximate surface area is 78.1 Å². The van der Waals surface area contributed by atoms with Gasteiger partial charge in [-0.2, -0.15) is 0 Å². The van der Waals surface area contributed by atoms with Crippen LogP contribution in [0.2, 0.25) is 0 Å². The molecule has 13 heavy (non-hydrogen) atoms. The summed E-state index contributed by atoms with van der Waals surface area (Å²) < 4.78 is 12.9. The van der Waals surface area contributed by atoms with Gasteiger partial charge in [-0.15, -0.1) is 0 Å². The van der Waals surface area contributed by atoms with Gasteiger partial charge in [0.15, 0.2) is 0 Å². The first-order valence-corrected chi connectivity index (χ1v) is 4.27. The second-order valence-corrected chi connectivity index (χ2v) is 3.20. The molecule has 0 aliphatic heterocycles. The van der Waals surface area contributed by atoms with Crippen LogP contribution in [0.1, 0.15) is 18.1 Å². The molecule has 0 saturated carbocycles. The summed E-state index contributed by atoms with van der Waals surface area (Å²) in [5.74, 6) is -0.164. The summed E-state index contributed by atoms with van der Waals surface area (Å²) in [6, 6.07) is 5.04. The van der Waals surface area contributed by atoms with Gasteiger partial charge < -0.3 is 5.73 Å². The highest BCUT2D eigenvalue weighted by Gasteiger charge is 1.96. The molecule has 0 atom stereocenters. The minimum atomic E-state index is -0.164. The van der Waals surface area contributed by atoms with Crippen LogP contribution in [-0.2, 0) is 0 Å². The summed E-state index contributed by atoms with van der Waals surface area (Å²) in [6.45, 7) is 4.25. The zero-order valence-electron chi connectivity index (χ0n) is 7.97. The molecule has 0 aliphatic carbocycles. The minimum absolute atomic E-state index is 0.164. The zero-order valence-corrected chi connectivity index (χ0v) is 7.97. The van der Waals surface area contributed by atoms with Gasteiger partial charge in [0.1, 0.15) is 5.82 Å². The Morgan fingerprint density at radius 3 is 2.77 bits per heavy atom. The number of benzene rings is 1. The third-order valence-electron chi connectivity index (χ3n) is 1.92. The normalized spacial score (nSPS) is 11.8. The predicted molar refractivity (Wildman–Crippen MR) is 53.8 cm³/mol. The Balaban J connectivity index is 2.98. The van der Waals surface area contributed by atoms with E-state index in [1.807, 2.05) is 19.1 Å². The average molecular weight is 179 g/mol. The van der Waals surface area contributed by atoms with Crippen molar-refractivity contribution in [1.29, 1.82) is 0 Å².